The number of rotatable bonds is 10. The summed E-state index contributed by atoms with van der Waals surface area (Å²) in [5, 5.41) is 5.74. The number of carbonyl (C=O) groups is 2. The predicted molar refractivity (Wildman–Crippen MR) is 117 cm³/mol. The van der Waals surface area contributed by atoms with Crippen LogP contribution >= 0.6 is 0 Å². The second-order valence-corrected chi connectivity index (χ2v) is 6.92. The highest BCUT2D eigenvalue weighted by molar-refractivity contribution is 5.94. The van der Waals surface area contributed by atoms with Crippen molar-refractivity contribution in [3.05, 3.63) is 102 Å². The number of hydrogen-bond acceptors (Lipinski definition) is 3. The second kappa shape index (κ2) is 11.4. The highest BCUT2D eigenvalue weighted by Gasteiger charge is 2.05. The SMILES string of the molecule is O=C(CCCNC(=O)c1ccccc1)NCc1ccc(COc2ccccc2)cc1. The Morgan fingerprint density at radius 1 is 0.733 bits per heavy atom. The number of benzene rings is 3. The molecule has 0 fully saturated rings. The van der Waals surface area contributed by atoms with Crippen LogP contribution in [0, 0.1) is 0 Å². The summed E-state index contributed by atoms with van der Waals surface area (Å²) in [6.45, 7) is 1.46. The fourth-order valence-electron chi connectivity index (χ4n) is 2.87. The molecule has 2 N–H and O–H groups in total. The molecule has 0 spiro atoms. The largest absolute Gasteiger partial charge is 0.489 e. The Balaban J connectivity index is 1.31. The zero-order chi connectivity index (χ0) is 21.0. The molecule has 0 saturated heterocycles. The van der Waals surface area contributed by atoms with Crippen LogP contribution in [0.15, 0.2) is 84.9 Å². The minimum atomic E-state index is -0.118. The molecule has 0 aromatic heterocycles. The van der Waals surface area contributed by atoms with E-state index in [-0.39, 0.29) is 11.8 Å². The average Bonchev–Trinajstić information content (AvgIpc) is 2.81. The molecule has 0 aliphatic rings. The highest BCUT2D eigenvalue weighted by atomic mass is 16.5. The summed E-state index contributed by atoms with van der Waals surface area (Å²) < 4.78 is 5.73. The Kier molecular flexibility index (Phi) is 8.03. The van der Waals surface area contributed by atoms with Crippen LogP contribution in [-0.4, -0.2) is 18.4 Å². The number of ether oxygens (including phenoxy) is 1. The third kappa shape index (κ3) is 7.09. The molecule has 0 aliphatic carbocycles. The van der Waals surface area contributed by atoms with E-state index < -0.39 is 0 Å². The average molecular weight is 402 g/mol. The number of para-hydroxylation sites is 1. The van der Waals surface area contributed by atoms with Crippen molar-refractivity contribution >= 4 is 11.8 Å². The lowest BCUT2D eigenvalue weighted by Gasteiger charge is -2.09. The fourth-order valence-corrected chi connectivity index (χ4v) is 2.87. The van der Waals surface area contributed by atoms with E-state index in [1.165, 1.54) is 0 Å². The lowest BCUT2D eigenvalue weighted by atomic mass is 10.1. The van der Waals surface area contributed by atoms with Gasteiger partial charge in [-0.15, -0.1) is 0 Å². The van der Waals surface area contributed by atoms with Gasteiger partial charge in [0.05, 0.1) is 0 Å². The Bertz CT molecular complexity index is 926. The van der Waals surface area contributed by atoms with Crippen LogP contribution in [-0.2, 0) is 17.9 Å². The van der Waals surface area contributed by atoms with E-state index in [2.05, 4.69) is 10.6 Å². The molecular weight excluding hydrogens is 376 g/mol. The minimum Gasteiger partial charge on any atom is -0.489 e. The predicted octanol–water partition coefficient (Wildman–Crippen LogP) is 4.09. The standard InChI is InChI=1S/C25H26N2O3/c28-24(12-7-17-26-25(29)22-8-3-1-4-9-22)27-18-20-13-15-21(16-14-20)19-30-23-10-5-2-6-11-23/h1-6,8-11,13-16H,7,12,17-19H2,(H,26,29)(H,27,28). The molecule has 0 aliphatic heterocycles. The second-order valence-electron chi connectivity index (χ2n) is 6.92. The summed E-state index contributed by atoms with van der Waals surface area (Å²) in [6, 6.07) is 26.7. The summed E-state index contributed by atoms with van der Waals surface area (Å²) >= 11 is 0. The smallest absolute Gasteiger partial charge is 0.251 e. The zero-order valence-corrected chi connectivity index (χ0v) is 16.8. The first-order valence-corrected chi connectivity index (χ1v) is 10.1. The van der Waals surface area contributed by atoms with Crippen molar-refractivity contribution in [3.63, 3.8) is 0 Å². The van der Waals surface area contributed by atoms with Gasteiger partial charge in [-0.05, 0) is 41.8 Å². The van der Waals surface area contributed by atoms with E-state index in [1.54, 1.807) is 12.1 Å². The molecule has 0 unspecified atom stereocenters. The molecule has 3 aromatic rings. The molecule has 0 radical (unpaired) electrons. The molecule has 3 rings (SSSR count). The number of amides is 2. The molecule has 0 heterocycles. The summed E-state index contributed by atoms with van der Waals surface area (Å²) in [4.78, 5) is 23.9. The molecule has 30 heavy (non-hydrogen) atoms. The van der Waals surface area contributed by atoms with Crippen molar-refractivity contribution in [1.82, 2.24) is 10.6 Å². The molecule has 0 atom stereocenters. The molecule has 0 bridgehead atoms. The van der Waals surface area contributed by atoms with Gasteiger partial charge in [0.15, 0.2) is 0 Å². The lowest BCUT2D eigenvalue weighted by Crippen LogP contribution is -2.27. The van der Waals surface area contributed by atoms with Crippen LogP contribution in [0.5, 0.6) is 5.75 Å². The molecule has 0 saturated carbocycles. The van der Waals surface area contributed by atoms with E-state index in [9.17, 15) is 9.59 Å². The van der Waals surface area contributed by atoms with Gasteiger partial charge in [0.2, 0.25) is 5.91 Å². The Morgan fingerprint density at radius 3 is 2.07 bits per heavy atom. The summed E-state index contributed by atoms with van der Waals surface area (Å²) in [5.74, 6) is 0.696. The van der Waals surface area contributed by atoms with Gasteiger partial charge >= 0.3 is 0 Å². The number of nitrogens with one attached hydrogen (secondary N) is 2. The lowest BCUT2D eigenvalue weighted by molar-refractivity contribution is -0.121. The third-order valence-corrected chi connectivity index (χ3v) is 4.56. The van der Waals surface area contributed by atoms with Crippen LogP contribution in [0.4, 0.5) is 0 Å². The molecule has 2 amide bonds. The van der Waals surface area contributed by atoms with Crippen molar-refractivity contribution in [2.45, 2.75) is 26.0 Å². The highest BCUT2D eigenvalue weighted by Crippen LogP contribution is 2.12. The van der Waals surface area contributed by atoms with Crippen molar-refractivity contribution in [2.24, 2.45) is 0 Å². The summed E-state index contributed by atoms with van der Waals surface area (Å²) in [6.07, 6.45) is 0.970. The maximum atomic E-state index is 12.0. The van der Waals surface area contributed by atoms with Gasteiger partial charge in [0.1, 0.15) is 12.4 Å². The molecule has 5 nitrogen and oxygen atoms in total. The summed E-state index contributed by atoms with van der Waals surface area (Å²) in [5.41, 5.74) is 2.73. The Labute approximate surface area is 177 Å². The Morgan fingerprint density at radius 2 is 1.37 bits per heavy atom. The Hall–Kier alpha value is -3.60. The van der Waals surface area contributed by atoms with E-state index in [1.807, 2.05) is 72.8 Å². The molecule has 154 valence electrons. The van der Waals surface area contributed by atoms with Gasteiger partial charge in [-0.1, -0.05) is 60.7 Å². The van der Waals surface area contributed by atoms with Gasteiger partial charge in [-0.3, -0.25) is 9.59 Å². The van der Waals surface area contributed by atoms with Gasteiger partial charge in [0, 0.05) is 25.1 Å². The minimum absolute atomic E-state index is 0.0274. The quantitative estimate of drug-likeness (QED) is 0.502. The van der Waals surface area contributed by atoms with E-state index in [4.69, 9.17) is 4.74 Å². The van der Waals surface area contributed by atoms with Crippen molar-refractivity contribution in [1.29, 1.82) is 0 Å². The van der Waals surface area contributed by atoms with Crippen molar-refractivity contribution in [2.75, 3.05) is 6.54 Å². The number of carbonyl (C=O) groups excluding carboxylic acids is 2. The number of hydrogen-bond donors (Lipinski definition) is 2. The van der Waals surface area contributed by atoms with E-state index in [0.717, 1.165) is 16.9 Å². The fraction of sp³-hybridized carbons (Fsp3) is 0.200. The monoisotopic (exact) mass is 402 g/mol. The first kappa shape index (κ1) is 21.1. The van der Waals surface area contributed by atoms with E-state index in [0.29, 0.717) is 38.1 Å². The van der Waals surface area contributed by atoms with Crippen LogP contribution in [0.3, 0.4) is 0 Å². The maximum Gasteiger partial charge on any atom is 0.251 e. The van der Waals surface area contributed by atoms with Crippen LogP contribution < -0.4 is 15.4 Å². The normalized spacial score (nSPS) is 10.3. The topological polar surface area (TPSA) is 67.4 Å². The van der Waals surface area contributed by atoms with Gasteiger partial charge in [-0.25, -0.2) is 0 Å². The van der Waals surface area contributed by atoms with Crippen molar-refractivity contribution < 1.29 is 14.3 Å². The molecular formula is C25H26N2O3. The van der Waals surface area contributed by atoms with Crippen LogP contribution in [0.1, 0.15) is 34.3 Å². The van der Waals surface area contributed by atoms with Crippen molar-refractivity contribution in [3.8, 4) is 5.75 Å². The van der Waals surface area contributed by atoms with E-state index >= 15 is 0 Å². The molecule has 3 aromatic carbocycles. The van der Waals surface area contributed by atoms with Gasteiger partial charge in [-0.2, -0.15) is 0 Å². The van der Waals surface area contributed by atoms with Gasteiger partial charge < -0.3 is 15.4 Å². The molecule has 5 heteroatoms. The zero-order valence-electron chi connectivity index (χ0n) is 16.8. The first-order chi connectivity index (χ1) is 14.7. The van der Waals surface area contributed by atoms with Crippen LogP contribution in [0.25, 0.3) is 0 Å². The maximum absolute atomic E-state index is 12.0. The summed E-state index contributed by atoms with van der Waals surface area (Å²) in [7, 11) is 0. The van der Waals surface area contributed by atoms with Crippen LogP contribution in [0.2, 0.25) is 0 Å². The third-order valence-electron chi connectivity index (χ3n) is 4.56. The van der Waals surface area contributed by atoms with Gasteiger partial charge in [0.25, 0.3) is 5.91 Å². The first-order valence-electron chi connectivity index (χ1n) is 10.1.